The third kappa shape index (κ3) is 7.09. The lowest BCUT2D eigenvalue weighted by atomic mass is 9.82. The topological polar surface area (TPSA) is 75.6 Å². The summed E-state index contributed by atoms with van der Waals surface area (Å²) in [6.07, 6.45) is -2.10. The van der Waals surface area contributed by atoms with Crippen LogP contribution >= 0.6 is 0 Å². The zero-order valence-corrected chi connectivity index (χ0v) is 28.0. The Morgan fingerprint density at radius 1 is 0.680 bits per heavy atom. The van der Waals surface area contributed by atoms with Gasteiger partial charge in [-0.2, -0.15) is 0 Å². The van der Waals surface area contributed by atoms with E-state index >= 15 is 4.39 Å². The van der Waals surface area contributed by atoms with Crippen molar-refractivity contribution in [2.45, 2.75) is 55.9 Å². The van der Waals surface area contributed by atoms with Crippen LogP contribution in [-0.2, 0) is 55.7 Å². The SMILES string of the molecule is COc1ccc(Cc2cc(C34OCC(CO)(O3)[C@@H](OCc3ccccc3)[C@H](OCc3ccccc3)C4OCc3ccccc3)ccc2F)cc1. The van der Waals surface area contributed by atoms with Crippen molar-refractivity contribution in [3.8, 4) is 5.75 Å². The van der Waals surface area contributed by atoms with Gasteiger partial charge in [0.2, 0.25) is 5.79 Å². The van der Waals surface area contributed by atoms with Crippen molar-refractivity contribution in [3.63, 3.8) is 0 Å². The third-order valence-corrected chi connectivity index (χ3v) is 9.48. The number of hydrogen-bond donors (Lipinski definition) is 1. The van der Waals surface area contributed by atoms with E-state index in [1.165, 1.54) is 6.07 Å². The number of aliphatic hydroxyl groups excluding tert-OH is 1. The minimum absolute atomic E-state index is 0.00450. The minimum Gasteiger partial charge on any atom is -0.497 e. The molecular weight excluding hydrogens is 635 g/mol. The normalized spacial score (nSPS) is 24.3. The van der Waals surface area contributed by atoms with Crippen LogP contribution in [0.3, 0.4) is 0 Å². The highest BCUT2D eigenvalue weighted by Crippen LogP contribution is 2.53. The van der Waals surface area contributed by atoms with Crippen molar-refractivity contribution in [1.29, 1.82) is 0 Å². The number of fused-ring (bicyclic) bond motifs is 2. The Hall–Kier alpha value is -4.41. The summed E-state index contributed by atoms with van der Waals surface area (Å²) in [6.45, 7) is 0.340. The Morgan fingerprint density at radius 2 is 1.24 bits per heavy atom. The molecule has 2 aliphatic heterocycles. The summed E-state index contributed by atoms with van der Waals surface area (Å²) >= 11 is 0. The average molecular weight is 677 g/mol. The second kappa shape index (κ2) is 15.2. The lowest BCUT2D eigenvalue weighted by molar-refractivity contribution is -0.353. The molecule has 2 heterocycles. The van der Waals surface area contributed by atoms with E-state index in [0.717, 1.165) is 28.0 Å². The van der Waals surface area contributed by atoms with E-state index in [9.17, 15) is 5.11 Å². The van der Waals surface area contributed by atoms with Crippen LogP contribution in [0.2, 0.25) is 0 Å². The molecule has 2 bridgehead atoms. The average Bonchev–Trinajstić information content (AvgIpc) is 3.53. The lowest BCUT2D eigenvalue weighted by Crippen LogP contribution is -2.67. The third-order valence-electron chi connectivity index (χ3n) is 9.48. The zero-order valence-electron chi connectivity index (χ0n) is 28.0. The van der Waals surface area contributed by atoms with Crippen molar-refractivity contribution in [2.24, 2.45) is 0 Å². The van der Waals surface area contributed by atoms with E-state index in [1.54, 1.807) is 19.2 Å². The summed E-state index contributed by atoms with van der Waals surface area (Å²) in [5.74, 6) is -1.18. The fourth-order valence-corrected chi connectivity index (χ4v) is 6.82. The lowest BCUT2D eigenvalue weighted by Gasteiger charge is -2.50. The van der Waals surface area contributed by atoms with Gasteiger partial charge in [0.15, 0.2) is 0 Å². The van der Waals surface area contributed by atoms with Crippen molar-refractivity contribution in [1.82, 2.24) is 0 Å². The van der Waals surface area contributed by atoms with Crippen molar-refractivity contribution in [2.75, 3.05) is 20.3 Å². The molecule has 7 nitrogen and oxygen atoms in total. The molecule has 1 N–H and O–H groups in total. The second-order valence-corrected chi connectivity index (χ2v) is 12.8. The van der Waals surface area contributed by atoms with Crippen molar-refractivity contribution in [3.05, 3.63) is 173 Å². The van der Waals surface area contributed by atoms with E-state index in [0.29, 0.717) is 17.5 Å². The Kier molecular flexibility index (Phi) is 10.4. The smallest absolute Gasteiger partial charge is 0.225 e. The molecule has 258 valence electrons. The predicted molar refractivity (Wildman–Crippen MR) is 186 cm³/mol. The van der Waals surface area contributed by atoms with Gasteiger partial charge in [-0.05, 0) is 52.1 Å². The minimum atomic E-state index is -1.55. The molecule has 50 heavy (non-hydrogen) atoms. The van der Waals surface area contributed by atoms with Crippen LogP contribution in [0.25, 0.3) is 0 Å². The van der Waals surface area contributed by atoms with Crippen LogP contribution in [0.15, 0.2) is 133 Å². The van der Waals surface area contributed by atoms with Gasteiger partial charge in [0.05, 0.1) is 40.1 Å². The second-order valence-electron chi connectivity index (χ2n) is 12.8. The first kappa shape index (κ1) is 34.1. The summed E-state index contributed by atoms with van der Waals surface area (Å²) in [5.41, 5.74) is 3.51. The van der Waals surface area contributed by atoms with Gasteiger partial charge in [-0.3, -0.25) is 0 Å². The highest BCUT2D eigenvalue weighted by atomic mass is 19.1. The molecule has 2 fully saturated rings. The Morgan fingerprint density at radius 3 is 1.80 bits per heavy atom. The van der Waals surface area contributed by atoms with E-state index in [-0.39, 0.29) is 32.2 Å². The fraction of sp³-hybridized carbons (Fsp3) is 0.286. The van der Waals surface area contributed by atoms with Crippen LogP contribution in [0.5, 0.6) is 5.75 Å². The zero-order chi connectivity index (χ0) is 34.4. The van der Waals surface area contributed by atoms with E-state index in [1.807, 2.05) is 115 Å². The maximum atomic E-state index is 15.5. The molecule has 5 atom stereocenters. The first-order valence-electron chi connectivity index (χ1n) is 16.9. The van der Waals surface area contributed by atoms with Crippen LogP contribution in [0.1, 0.15) is 33.4 Å². The summed E-state index contributed by atoms with van der Waals surface area (Å²) in [5, 5.41) is 11.1. The summed E-state index contributed by atoms with van der Waals surface area (Å²) in [7, 11) is 1.61. The first-order valence-corrected chi connectivity index (χ1v) is 16.9. The van der Waals surface area contributed by atoms with Gasteiger partial charge in [-0.15, -0.1) is 0 Å². The number of methoxy groups -OCH3 is 1. The number of rotatable bonds is 14. The number of benzene rings is 5. The van der Waals surface area contributed by atoms with Crippen LogP contribution in [0, 0.1) is 5.82 Å². The molecule has 0 amide bonds. The maximum Gasteiger partial charge on any atom is 0.225 e. The summed E-state index contributed by atoms with van der Waals surface area (Å²) in [6, 6.07) is 41.9. The monoisotopic (exact) mass is 676 g/mol. The van der Waals surface area contributed by atoms with Gasteiger partial charge in [-0.25, -0.2) is 4.39 Å². The Labute approximate surface area is 292 Å². The van der Waals surface area contributed by atoms with Gasteiger partial charge >= 0.3 is 0 Å². The van der Waals surface area contributed by atoms with Gasteiger partial charge < -0.3 is 33.5 Å². The van der Waals surface area contributed by atoms with E-state index in [2.05, 4.69) is 0 Å². The molecule has 5 aromatic rings. The van der Waals surface area contributed by atoms with Crippen molar-refractivity contribution >= 4 is 0 Å². The van der Waals surface area contributed by atoms with Gasteiger partial charge in [0, 0.05) is 12.0 Å². The van der Waals surface area contributed by atoms with Crippen molar-refractivity contribution < 1.29 is 37.9 Å². The largest absolute Gasteiger partial charge is 0.497 e. The highest BCUT2D eigenvalue weighted by Gasteiger charge is 2.69. The number of ether oxygens (including phenoxy) is 6. The molecule has 5 aromatic carbocycles. The standard InChI is InChI=1S/C42H41FO7/c1-45-36-20-17-30(18-21-36)23-34-24-35(19-22-37(34)43)42-40(48-27-33-15-9-4-10-16-33)38(46-25-31-11-5-2-6-12-31)39(41(28-44,50-42)29-49-42)47-26-32-13-7-3-8-14-32/h2-22,24,38-40,44H,23,25-29H2,1H3/t38-,39-,40?,41?,42?/m0/s1. The van der Waals surface area contributed by atoms with E-state index in [4.69, 9.17) is 28.4 Å². The van der Waals surface area contributed by atoms with Crippen LogP contribution in [0.4, 0.5) is 4.39 Å². The molecule has 2 saturated heterocycles. The van der Waals surface area contributed by atoms with Crippen LogP contribution in [-0.4, -0.2) is 49.3 Å². The first-order chi connectivity index (χ1) is 24.5. The molecule has 8 heteroatoms. The maximum absolute atomic E-state index is 15.5. The molecule has 7 rings (SSSR count). The summed E-state index contributed by atoms with van der Waals surface area (Å²) < 4.78 is 54.7. The molecule has 0 radical (unpaired) electrons. The van der Waals surface area contributed by atoms with Crippen LogP contribution < -0.4 is 4.74 Å². The highest BCUT2D eigenvalue weighted by molar-refractivity contribution is 5.37. The molecule has 3 unspecified atom stereocenters. The van der Waals surface area contributed by atoms with Gasteiger partial charge in [-0.1, -0.05) is 109 Å². The van der Waals surface area contributed by atoms with Gasteiger partial charge in [0.25, 0.3) is 0 Å². The molecule has 0 spiro atoms. The molecule has 2 aliphatic rings. The number of halogens is 1. The quantitative estimate of drug-likeness (QED) is 0.134. The van der Waals surface area contributed by atoms with Gasteiger partial charge in [0.1, 0.15) is 35.5 Å². The molecule has 0 saturated carbocycles. The Bertz CT molecular complexity index is 1820. The molecule has 0 aliphatic carbocycles. The fourth-order valence-electron chi connectivity index (χ4n) is 6.82. The predicted octanol–water partition coefficient (Wildman–Crippen LogP) is 7.13. The Balaban J connectivity index is 1.30. The molecule has 0 aromatic heterocycles. The molecular formula is C42H41FO7. The summed E-state index contributed by atoms with van der Waals surface area (Å²) in [4.78, 5) is 0. The number of aliphatic hydroxyl groups is 1. The number of hydrogen-bond acceptors (Lipinski definition) is 7. The van der Waals surface area contributed by atoms with E-state index < -0.39 is 36.3 Å².